The van der Waals surface area contributed by atoms with Crippen LogP contribution in [-0.4, -0.2) is 32.5 Å². The lowest BCUT2D eigenvalue weighted by Gasteiger charge is -2.27. The molecule has 0 spiro atoms. The molecule has 0 fully saturated rings. The van der Waals surface area contributed by atoms with E-state index in [0.29, 0.717) is 6.42 Å². The average Bonchev–Trinajstić information content (AvgIpc) is 1.97. The Morgan fingerprint density at radius 1 is 1.44 bits per heavy atom. The summed E-state index contributed by atoms with van der Waals surface area (Å²) in [6.45, 7) is 5.16. The first-order valence-corrected chi connectivity index (χ1v) is 6.70. The Bertz CT molecular complexity index is 362. The fourth-order valence-corrected chi connectivity index (χ4v) is 1.79. The molecule has 0 bridgehead atoms. The number of carbonyl (C=O) groups excluding carboxylic acids is 2. The van der Waals surface area contributed by atoms with E-state index in [-0.39, 0.29) is 5.92 Å². The second-order valence-electron chi connectivity index (χ2n) is 4.53. The normalized spacial score (nSPS) is 14.0. The van der Waals surface area contributed by atoms with Gasteiger partial charge in [-0.3, -0.25) is 0 Å². The quantitative estimate of drug-likeness (QED) is 0.684. The molecular formula is C9H18N2O4S. The molecular weight excluding hydrogens is 232 g/mol. The minimum atomic E-state index is -3.56. The van der Waals surface area contributed by atoms with Gasteiger partial charge in [0.25, 0.3) is 0 Å². The Balaban J connectivity index is 4.36. The highest BCUT2D eigenvalue weighted by molar-refractivity contribution is 7.89. The third-order valence-electron chi connectivity index (χ3n) is 1.79. The van der Waals surface area contributed by atoms with Crippen molar-refractivity contribution in [3.8, 4) is 0 Å². The van der Waals surface area contributed by atoms with Crippen LogP contribution in [0.1, 0.15) is 27.2 Å². The van der Waals surface area contributed by atoms with Gasteiger partial charge >= 0.3 is 6.03 Å². The highest BCUT2D eigenvalue weighted by Gasteiger charge is 2.24. The first kappa shape index (κ1) is 14.9. The molecule has 0 aliphatic heterocycles. The lowest BCUT2D eigenvalue weighted by atomic mass is 9.93. The van der Waals surface area contributed by atoms with Gasteiger partial charge in [-0.05, 0) is 20.3 Å². The summed E-state index contributed by atoms with van der Waals surface area (Å²) in [5, 5.41) is 2.49. The first-order valence-electron chi connectivity index (χ1n) is 4.81. The fraction of sp³-hybridized carbons (Fsp3) is 0.778. The van der Waals surface area contributed by atoms with Gasteiger partial charge in [0.05, 0.1) is 6.26 Å². The van der Waals surface area contributed by atoms with Crippen molar-refractivity contribution in [1.82, 2.24) is 10.0 Å². The van der Waals surface area contributed by atoms with E-state index in [1.54, 1.807) is 25.5 Å². The van der Waals surface area contributed by atoms with Gasteiger partial charge in [0.1, 0.15) is 6.29 Å². The van der Waals surface area contributed by atoms with Crippen molar-refractivity contribution in [2.24, 2.45) is 5.92 Å². The molecule has 1 atom stereocenters. The summed E-state index contributed by atoms with van der Waals surface area (Å²) in [5.74, 6) is -0.200. The Hall–Kier alpha value is -1.11. The maximum atomic E-state index is 11.3. The van der Waals surface area contributed by atoms with E-state index in [1.807, 2.05) is 0 Å². The lowest BCUT2D eigenvalue weighted by Crippen LogP contribution is -2.50. The first-order chi connectivity index (χ1) is 7.06. The number of hydrogen-bond donors (Lipinski definition) is 2. The van der Waals surface area contributed by atoms with E-state index in [2.05, 4.69) is 5.32 Å². The van der Waals surface area contributed by atoms with E-state index >= 15 is 0 Å². The molecule has 1 unspecified atom stereocenters. The fourth-order valence-electron chi connectivity index (χ4n) is 1.41. The van der Waals surface area contributed by atoms with E-state index in [0.717, 1.165) is 12.5 Å². The molecule has 7 heteroatoms. The minimum Gasteiger partial charge on any atom is -0.332 e. The van der Waals surface area contributed by atoms with Crippen LogP contribution in [-0.2, 0) is 14.8 Å². The predicted molar refractivity (Wildman–Crippen MR) is 60.4 cm³/mol. The average molecular weight is 250 g/mol. The van der Waals surface area contributed by atoms with Crippen molar-refractivity contribution in [2.45, 2.75) is 32.7 Å². The zero-order chi connectivity index (χ0) is 13.0. The van der Waals surface area contributed by atoms with Crippen LogP contribution < -0.4 is 10.0 Å². The molecule has 0 aromatic carbocycles. The Morgan fingerprint density at radius 3 is 2.31 bits per heavy atom. The van der Waals surface area contributed by atoms with Crippen molar-refractivity contribution >= 4 is 22.3 Å². The van der Waals surface area contributed by atoms with Gasteiger partial charge in [-0.15, -0.1) is 0 Å². The SMILES string of the molecule is CC(C=O)CC(C)(C)NC(=O)NS(C)(=O)=O. The largest absolute Gasteiger partial charge is 0.332 e. The van der Waals surface area contributed by atoms with Crippen molar-refractivity contribution in [3.63, 3.8) is 0 Å². The molecule has 0 heterocycles. The second-order valence-corrected chi connectivity index (χ2v) is 6.28. The van der Waals surface area contributed by atoms with Crippen LogP contribution in [0.4, 0.5) is 4.79 Å². The summed E-state index contributed by atoms with van der Waals surface area (Å²) >= 11 is 0. The molecule has 16 heavy (non-hydrogen) atoms. The number of carbonyl (C=O) groups is 2. The van der Waals surface area contributed by atoms with Gasteiger partial charge in [-0.25, -0.2) is 17.9 Å². The molecule has 94 valence electrons. The topological polar surface area (TPSA) is 92.3 Å². The molecule has 0 saturated heterocycles. The number of sulfonamides is 1. The second kappa shape index (κ2) is 5.29. The van der Waals surface area contributed by atoms with Crippen LogP contribution >= 0.6 is 0 Å². The van der Waals surface area contributed by atoms with Gasteiger partial charge < -0.3 is 10.1 Å². The maximum Gasteiger partial charge on any atom is 0.328 e. The molecule has 6 nitrogen and oxygen atoms in total. The van der Waals surface area contributed by atoms with Crippen molar-refractivity contribution in [3.05, 3.63) is 0 Å². The Morgan fingerprint density at radius 2 is 1.94 bits per heavy atom. The zero-order valence-electron chi connectivity index (χ0n) is 9.90. The lowest BCUT2D eigenvalue weighted by molar-refractivity contribution is -0.111. The highest BCUT2D eigenvalue weighted by Crippen LogP contribution is 2.14. The molecule has 0 aromatic heterocycles. The highest BCUT2D eigenvalue weighted by atomic mass is 32.2. The number of aldehydes is 1. The third kappa shape index (κ3) is 7.22. The Kier molecular flexibility index (Phi) is 4.92. The third-order valence-corrected chi connectivity index (χ3v) is 2.35. The Labute approximate surface area is 95.8 Å². The van der Waals surface area contributed by atoms with Crippen LogP contribution in [0.25, 0.3) is 0 Å². The van der Waals surface area contributed by atoms with Crippen LogP contribution in [0.5, 0.6) is 0 Å². The van der Waals surface area contributed by atoms with Crippen LogP contribution in [0.15, 0.2) is 0 Å². The van der Waals surface area contributed by atoms with Crippen molar-refractivity contribution in [1.29, 1.82) is 0 Å². The summed E-state index contributed by atoms with van der Waals surface area (Å²) in [6, 6.07) is -0.786. The molecule has 0 aliphatic rings. The van der Waals surface area contributed by atoms with Gasteiger partial charge in [0.2, 0.25) is 10.0 Å². The van der Waals surface area contributed by atoms with Gasteiger partial charge in [-0.2, -0.15) is 0 Å². The number of urea groups is 1. The van der Waals surface area contributed by atoms with Gasteiger partial charge in [-0.1, -0.05) is 6.92 Å². The molecule has 2 N–H and O–H groups in total. The smallest absolute Gasteiger partial charge is 0.328 e. The molecule has 2 amide bonds. The molecule has 0 aliphatic carbocycles. The number of nitrogens with one attached hydrogen (secondary N) is 2. The van der Waals surface area contributed by atoms with Gasteiger partial charge in [0, 0.05) is 11.5 Å². The summed E-state index contributed by atoms with van der Waals surface area (Å²) < 4.78 is 23.4. The summed E-state index contributed by atoms with van der Waals surface area (Å²) in [4.78, 5) is 21.7. The monoisotopic (exact) mass is 250 g/mol. The summed E-state index contributed by atoms with van der Waals surface area (Å²) in [5.41, 5.74) is -0.644. The zero-order valence-corrected chi connectivity index (χ0v) is 10.7. The number of rotatable bonds is 5. The summed E-state index contributed by atoms with van der Waals surface area (Å²) in [6.07, 6.45) is 2.12. The van der Waals surface area contributed by atoms with E-state index in [4.69, 9.17) is 0 Å². The van der Waals surface area contributed by atoms with Crippen LogP contribution in [0, 0.1) is 5.92 Å². The van der Waals surface area contributed by atoms with E-state index < -0.39 is 21.6 Å². The molecule has 0 aromatic rings. The van der Waals surface area contributed by atoms with Crippen molar-refractivity contribution < 1.29 is 18.0 Å². The summed E-state index contributed by atoms with van der Waals surface area (Å²) in [7, 11) is -3.56. The number of hydrogen-bond acceptors (Lipinski definition) is 4. The van der Waals surface area contributed by atoms with E-state index in [1.165, 1.54) is 0 Å². The van der Waals surface area contributed by atoms with Crippen LogP contribution in [0.2, 0.25) is 0 Å². The van der Waals surface area contributed by atoms with E-state index in [9.17, 15) is 18.0 Å². The standard InChI is InChI=1S/C9H18N2O4S/c1-7(6-12)5-9(2,3)10-8(13)11-16(4,14)15/h6-7H,5H2,1-4H3,(H2,10,11,13). The van der Waals surface area contributed by atoms with Crippen LogP contribution in [0.3, 0.4) is 0 Å². The molecule has 0 radical (unpaired) electrons. The molecule has 0 rings (SSSR count). The molecule has 0 saturated carbocycles. The number of amides is 2. The minimum absolute atomic E-state index is 0.200. The van der Waals surface area contributed by atoms with Gasteiger partial charge in [0.15, 0.2) is 0 Å². The van der Waals surface area contributed by atoms with Crippen molar-refractivity contribution in [2.75, 3.05) is 6.26 Å². The maximum absolute atomic E-state index is 11.3. The predicted octanol–water partition coefficient (Wildman–Crippen LogP) is 0.249.